The Morgan fingerprint density at radius 2 is 1.69 bits per heavy atom. The Morgan fingerprint density at radius 1 is 1.12 bits per heavy atom. The lowest BCUT2D eigenvalue weighted by Gasteiger charge is -2.21. The second-order valence-electron chi connectivity index (χ2n) is 5.70. The molecule has 2 aromatic rings. The summed E-state index contributed by atoms with van der Waals surface area (Å²) >= 11 is 12.1. The molecule has 1 amide bonds. The van der Waals surface area contributed by atoms with Crippen LogP contribution < -0.4 is 4.74 Å². The van der Waals surface area contributed by atoms with Gasteiger partial charge in [0.05, 0.1) is 22.7 Å². The number of ether oxygens (including phenoxy) is 2. The van der Waals surface area contributed by atoms with Crippen LogP contribution in [0.15, 0.2) is 42.5 Å². The summed E-state index contributed by atoms with van der Waals surface area (Å²) in [5.74, 6) is -0.727. The number of carbonyl (C=O) groups is 2. The Morgan fingerprint density at radius 3 is 2.23 bits per heavy atom. The molecule has 0 saturated heterocycles. The third-order valence-electron chi connectivity index (χ3n) is 3.71. The van der Waals surface area contributed by atoms with E-state index >= 15 is 0 Å². The minimum absolute atomic E-state index is 0.145. The van der Waals surface area contributed by atoms with Gasteiger partial charge in [-0.1, -0.05) is 53.5 Å². The molecule has 0 aliphatic carbocycles. The number of carbonyl (C=O) groups excluding carboxylic acids is 2. The molecule has 138 valence electrons. The Labute approximate surface area is 162 Å². The van der Waals surface area contributed by atoms with Gasteiger partial charge in [-0.05, 0) is 24.6 Å². The summed E-state index contributed by atoms with van der Waals surface area (Å²) in [6.45, 7) is 1.94. The lowest BCUT2D eigenvalue weighted by Crippen LogP contribution is -2.37. The Balaban J connectivity index is 2.03. The van der Waals surface area contributed by atoms with Crippen molar-refractivity contribution < 1.29 is 19.1 Å². The predicted octanol–water partition coefficient (Wildman–Crippen LogP) is 4.21. The quantitative estimate of drug-likeness (QED) is 0.687. The maximum atomic E-state index is 12.4. The highest BCUT2D eigenvalue weighted by molar-refractivity contribution is 6.37. The van der Waals surface area contributed by atoms with Gasteiger partial charge in [-0.3, -0.25) is 4.79 Å². The molecule has 0 unspecified atom stereocenters. The van der Waals surface area contributed by atoms with Gasteiger partial charge in [-0.25, -0.2) is 4.79 Å². The van der Waals surface area contributed by atoms with Gasteiger partial charge in [-0.15, -0.1) is 0 Å². The van der Waals surface area contributed by atoms with Crippen molar-refractivity contribution in [1.29, 1.82) is 0 Å². The lowest BCUT2D eigenvalue weighted by atomic mass is 10.2. The fourth-order valence-corrected chi connectivity index (χ4v) is 3.04. The Hall–Kier alpha value is -2.24. The average molecular weight is 396 g/mol. The summed E-state index contributed by atoms with van der Waals surface area (Å²) in [5, 5.41) is 0.374. The molecule has 0 fully saturated rings. The van der Waals surface area contributed by atoms with Gasteiger partial charge in [0.25, 0.3) is 5.91 Å². The van der Waals surface area contributed by atoms with Crippen LogP contribution in [-0.2, 0) is 16.1 Å². The van der Waals surface area contributed by atoms with Crippen LogP contribution in [0.4, 0.5) is 0 Å². The molecule has 0 radical (unpaired) electrons. The number of hydrogen-bond acceptors (Lipinski definition) is 4. The Bertz CT molecular complexity index is 772. The van der Waals surface area contributed by atoms with E-state index in [1.165, 1.54) is 31.1 Å². The SMILES string of the molecule is COc1c(Cl)cc(C(=O)O[C@@H](C)C(=O)N(C)Cc2ccccc2)cc1Cl. The van der Waals surface area contributed by atoms with E-state index in [0.29, 0.717) is 6.54 Å². The lowest BCUT2D eigenvalue weighted by molar-refractivity contribution is -0.139. The summed E-state index contributed by atoms with van der Waals surface area (Å²) in [4.78, 5) is 26.2. The van der Waals surface area contributed by atoms with E-state index in [0.717, 1.165) is 5.56 Å². The second kappa shape index (κ2) is 8.92. The number of esters is 1. The van der Waals surface area contributed by atoms with Crippen molar-refractivity contribution >= 4 is 35.1 Å². The van der Waals surface area contributed by atoms with E-state index in [4.69, 9.17) is 32.7 Å². The first-order chi connectivity index (χ1) is 12.3. The molecule has 0 aromatic heterocycles. The van der Waals surface area contributed by atoms with Crippen LogP contribution in [0.3, 0.4) is 0 Å². The first kappa shape index (κ1) is 20.1. The minimum atomic E-state index is -0.948. The highest BCUT2D eigenvalue weighted by atomic mass is 35.5. The molecule has 26 heavy (non-hydrogen) atoms. The van der Waals surface area contributed by atoms with Crippen LogP contribution in [0.25, 0.3) is 0 Å². The first-order valence-electron chi connectivity index (χ1n) is 7.86. The average Bonchev–Trinajstić information content (AvgIpc) is 2.61. The normalized spacial score (nSPS) is 11.6. The molecular formula is C19H19Cl2NO4. The van der Waals surface area contributed by atoms with E-state index < -0.39 is 12.1 Å². The second-order valence-corrected chi connectivity index (χ2v) is 6.51. The molecule has 2 aromatic carbocycles. The van der Waals surface area contributed by atoms with Crippen molar-refractivity contribution in [2.24, 2.45) is 0 Å². The molecule has 2 rings (SSSR count). The number of hydrogen-bond donors (Lipinski definition) is 0. The number of rotatable bonds is 6. The van der Waals surface area contributed by atoms with Gasteiger partial charge in [-0.2, -0.15) is 0 Å². The van der Waals surface area contributed by atoms with Crippen LogP contribution in [0, 0.1) is 0 Å². The summed E-state index contributed by atoms with van der Waals surface area (Å²) in [6, 6.07) is 12.3. The molecule has 0 saturated carbocycles. The molecular weight excluding hydrogens is 377 g/mol. The highest BCUT2D eigenvalue weighted by Crippen LogP contribution is 2.34. The van der Waals surface area contributed by atoms with Crippen molar-refractivity contribution in [2.45, 2.75) is 19.6 Å². The molecule has 0 heterocycles. The minimum Gasteiger partial charge on any atom is -0.494 e. The number of methoxy groups -OCH3 is 1. The van der Waals surface area contributed by atoms with E-state index in [1.54, 1.807) is 7.05 Å². The smallest absolute Gasteiger partial charge is 0.339 e. The maximum Gasteiger partial charge on any atom is 0.339 e. The zero-order chi connectivity index (χ0) is 19.3. The van der Waals surface area contributed by atoms with Crippen molar-refractivity contribution in [3.8, 4) is 5.75 Å². The third kappa shape index (κ3) is 4.90. The summed E-state index contributed by atoms with van der Waals surface area (Å²) in [7, 11) is 3.08. The van der Waals surface area contributed by atoms with Crippen LogP contribution in [0.5, 0.6) is 5.75 Å². The van der Waals surface area contributed by atoms with Gasteiger partial charge < -0.3 is 14.4 Å². The van der Waals surface area contributed by atoms with Crippen LogP contribution in [-0.4, -0.2) is 37.0 Å². The van der Waals surface area contributed by atoms with Crippen molar-refractivity contribution in [2.75, 3.05) is 14.2 Å². The highest BCUT2D eigenvalue weighted by Gasteiger charge is 2.23. The topological polar surface area (TPSA) is 55.8 Å². The number of likely N-dealkylation sites (N-methyl/N-ethyl adjacent to an activating group) is 1. The van der Waals surface area contributed by atoms with Gasteiger partial charge in [0, 0.05) is 13.6 Å². The summed E-state index contributed by atoms with van der Waals surface area (Å²) < 4.78 is 10.3. The van der Waals surface area contributed by atoms with E-state index in [-0.39, 0.29) is 27.3 Å². The summed E-state index contributed by atoms with van der Waals surface area (Å²) in [6.07, 6.45) is -0.948. The van der Waals surface area contributed by atoms with Gasteiger partial charge in [0.1, 0.15) is 0 Å². The molecule has 7 heteroatoms. The molecule has 0 bridgehead atoms. The molecule has 0 spiro atoms. The predicted molar refractivity (Wildman–Crippen MR) is 101 cm³/mol. The van der Waals surface area contributed by atoms with Crippen LogP contribution in [0.1, 0.15) is 22.8 Å². The third-order valence-corrected chi connectivity index (χ3v) is 4.27. The van der Waals surface area contributed by atoms with E-state index in [2.05, 4.69) is 0 Å². The number of benzene rings is 2. The largest absolute Gasteiger partial charge is 0.494 e. The fourth-order valence-electron chi connectivity index (χ4n) is 2.40. The molecule has 0 N–H and O–H groups in total. The van der Waals surface area contributed by atoms with Crippen molar-refractivity contribution in [1.82, 2.24) is 4.90 Å². The van der Waals surface area contributed by atoms with Crippen LogP contribution >= 0.6 is 23.2 Å². The molecule has 1 atom stereocenters. The standard InChI is InChI=1S/C19H19Cl2NO4/c1-12(18(23)22(2)11-13-7-5-4-6-8-13)26-19(24)14-9-15(20)17(25-3)16(21)10-14/h4-10,12H,11H2,1-3H3/t12-/m0/s1. The molecule has 0 aliphatic heterocycles. The summed E-state index contributed by atoms with van der Waals surface area (Å²) in [5.41, 5.74) is 1.13. The van der Waals surface area contributed by atoms with E-state index in [1.807, 2.05) is 30.3 Å². The zero-order valence-electron chi connectivity index (χ0n) is 14.7. The fraction of sp³-hybridized carbons (Fsp3) is 0.263. The van der Waals surface area contributed by atoms with Gasteiger partial charge in [0.2, 0.25) is 0 Å². The van der Waals surface area contributed by atoms with Crippen molar-refractivity contribution in [3.05, 3.63) is 63.6 Å². The monoisotopic (exact) mass is 395 g/mol. The van der Waals surface area contributed by atoms with Crippen LogP contribution in [0.2, 0.25) is 10.0 Å². The zero-order valence-corrected chi connectivity index (χ0v) is 16.2. The first-order valence-corrected chi connectivity index (χ1v) is 8.62. The van der Waals surface area contributed by atoms with Gasteiger partial charge >= 0.3 is 5.97 Å². The number of halogens is 2. The number of nitrogens with zero attached hydrogens (tertiary/aromatic N) is 1. The number of amides is 1. The maximum absolute atomic E-state index is 12.4. The molecule has 5 nitrogen and oxygen atoms in total. The van der Waals surface area contributed by atoms with E-state index in [9.17, 15) is 9.59 Å². The Kier molecular flexibility index (Phi) is 6.89. The molecule has 0 aliphatic rings. The van der Waals surface area contributed by atoms with Crippen molar-refractivity contribution in [3.63, 3.8) is 0 Å². The van der Waals surface area contributed by atoms with Gasteiger partial charge in [0.15, 0.2) is 11.9 Å².